The first kappa shape index (κ1) is 23.3. The number of carbonyl (C=O) groups excluding carboxylic acids is 3. The minimum Gasteiger partial charge on any atom is -0.482 e. The van der Waals surface area contributed by atoms with Crippen molar-refractivity contribution < 1.29 is 23.9 Å². The molecule has 6 nitrogen and oxygen atoms in total. The monoisotopic (exact) mass is 477 g/mol. The van der Waals surface area contributed by atoms with Gasteiger partial charge in [-0.25, -0.2) is 4.79 Å². The van der Waals surface area contributed by atoms with E-state index in [0.29, 0.717) is 17.7 Å². The fraction of sp³-hybridized carbons (Fsp3) is 0.211. The zero-order valence-corrected chi connectivity index (χ0v) is 18.1. The third-order valence-corrected chi connectivity index (χ3v) is 5.17. The Morgan fingerprint density at radius 3 is 2.07 bits per heavy atom. The minimum absolute atomic E-state index is 0.00294. The van der Waals surface area contributed by atoms with Gasteiger partial charge in [0.25, 0.3) is 5.91 Å². The van der Waals surface area contributed by atoms with Crippen molar-refractivity contribution in [3.05, 3.63) is 56.0 Å². The molecule has 0 aliphatic carbocycles. The molecular weight excluding hydrogens is 464 g/mol. The fourth-order valence-corrected chi connectivity index (χ4v) is 3.03. The molecule has 29 heavy (non-hydrogen) atoms. The van der Waals surface area contributed by atoms with Crippen molar-refractivity contribution in [2.75, 3.05) is 18.5 Å². The van der Waals surface area contributed by atoms with Crippen LogP contribution in [0.5, 0.6) is 5.75 Å². The SMILES string of the molecule is CCC(=O)c1ccc(OCC(=O)OCC(=O)Nc2c(Cl)c(Cl)cc(Cl)c2Cl)cc1. The van der Waals surface area contributed by atoms with Crippen LogP contribution in [0.15, 0.2) is 30.3 Å². The maximum atomic E-state index is 12.0. The lowest BCUT2D eigenvalue weighted by molar-refractivity contribution is -0.149. The fourth-order valence-electron chi connectivity index (χ4n) is 2.13. The molecule has 0 aliphatic rings. The lowest BCUT2D eigenvalue weighted by Gasteiger charge is -2.12. The molecule has 0 aromatic heterocycles. The van der Waals surface area contributed by atoms with E-state index in [4.69, 9.17) is 55.9 Å². The lowest BCUT2D eigenvalue weighted by Crippen LogP contribution is -2.24. The molecule has 0 fully saturated rings. The van der Waals surface area contributed by atoms with Crippen molar-refractivity contribution in [3.63, 3.8) is 0 Å². The van der Waals surface area contributed by atoms with Crippen LogP contribution in [-0.4, -0.2) is 30.9 Å². The van der Waals surface area contributed by atoms with Gasteiger partial charge in [-0.2, -0.15) is 0 Å². The molecule has 0 heterocycles. The first-order valence-electron chi connectivity index (χ1n) is 8.27. The van der Waals surface area contributed by atoms with E-state index < -0.39 is 25.1 Å². The van der Waals surface area contributed by atoms with Crippen LogP contribution in [0.1, 0.15) is 23.7 Å². The summed E-state index contributed by atoms with van der Waals surface area (Å²) in [5, 5.41) is 2.62. The van der Waals surface area contributed by atoms with Gasteiger partial charge in [0.1, 0.15) is 5.75 Å². The van der Waals surface area contributed by atoms with E-state index in [1.165, 1.54) is 6.07 Å². The minimum atomic E-state index is -0.768. The topological polar surface area (TPSA) is 81.7 Å². The van der Waals surface area contributed by atoms with Crippen LogP contribution in [0.4, 0.5) is 5.69 Å². The molecule has 1 N–H and O–H groups in total. The number of benzene rings is 2. The van der Waals surface area contributed by atoms with E-state index in [1.54, 1.807) is 31.2 Å². The van der Waals surface area contributed by atoms with Crippen LogP contribution in [0.25, 0.3) is 0 Å². The number of anilines is 1. The summed E-state index contributed by atoms with van der Waals surface area (Å²) in [5.74, 6) is -1.08. The van der Waals surface area contributed by atoms with Crippen molar-refractivity contribution in [3.8, 4) is 5.75 Å². The Balaban J connectivity index is 1.84. The molecule has 2 aromatic carbocycles. The van der Waals surface area contributed by atoms with E-state index in [0.717, 1.165) is 0 Å². The molecule has 0 saturated carbocycles. The molecule has 0 bridgehead atoms. The second kappa shape index (κ2) is 10.7. The van der Waals surface area contributed by atoms with E-state index >= 15 is 0 Å². The summed E-state index contributed by atoms with van der Waals surface area (Å²) in [6, 6.07) is 7.67. The Bertz CT molecular complexity index is 905. The predicted octanol–water partition coefficient (Wildman–Crippen LogP) is 5.45. The largest absolute Gasteiger partial charge is 0.482 e. The van der Waals surface area contributed by atoms with Gasteiger partial charge >= 0.3 is 5.97 Å². The van der Waals surface area contributed by atoms with E-state index in [2.05, 4.69) is 5.32 Å². The van der Waals surface area contributed by atoms with Crippen LogP contribution in [-0.2, 0) is 14.3 Å². The number of ketones is 1. The van der Waals surface area contributed by atoms with Gasteiger partial charge < -0.3 is 14.8 Å². The molecule has 10 heteroatoms. The number of rotatable bonds is 8. The standard InChI is InChI=1S/C19H15Cl4NO5/c1-2-14(25)10-3-5-11(6-4-10)28-9-16(27)29-8-15(26)24-19-17(22)12(20)7-13(21)18(19)23/h3-7H,2,8-9H2,1H3,(H,24,26). The predicted molar refractivity (Wildman–Crippen MR) is 113 cm³/mol. The average Bonchev–Trinajstić information content (AvgIpc) is 2.72. The molecule has 1 amide bonds. The van der Waals surface area contributed by atoms with Gasteiger partial charge in [-0.1, -0.05) is 53.3 Å². The zero-order chi connectivity index (χ0) is 21.6. The number of ether oxygens (including phenoxy) is 2. The number of hydrogen-bond donors (Lipinski definition) is 1. The van der Waals surface area contributed by atoms with Gasteiger partial charge in [-0.15, -0.1) is 0 Å². The third-order valence-electron chi connectivity index (χ3n) is 3.59. The Kier molecular flexibility index (Phi) is 8.59. The maximum Gasteiger partial charge on any atom is 0.344 e. The highest BCUT2D eigenvalue weighted by Crippen LogP contribution is 2.40. The normalized spacial score (nSPS) is 10.4. The molecule has 154 valence electrons. The molecule has 0 saturated heterocycles. The Morgan fingerprint density at radius 1 is 0.931 bits per heavy atom. The summed E-state index contributed by atoms with van der Waals surface area (Å²) < 4.78 is 10.1. The van der Waals surface area contributed by atoms with E-state index in [1.807, 2.05) is 0 Å². The van der Waals surface area contributed by atoms with E-state index in [-0.39, 0.29) is 31.6 Å². The summed E-state index contributed by atoms with van der Waals surface area (Å²) >= 11 is 23.8. The van der Waals surface area contributed by atoms with E-state index in [9.17, 15) is 14.4 Å². The highest BCUT2D eigenvalue weighted by molar-refractivity contribution is 6.50. The molecule has 0 aliphatic heterocycles. The third kappa shape index (κ3) is 6.51. The van der Waals surface area contributed by atoms with Crippen LogP contribution in [0.2, 0.25) is 20.1 Å². The van der Waals surface area contributed by atoms with Gasteiger partial charge in [0.05, 0.1) is 25.8 Å². The summed E-state index contributed by atoms with van der Waals surface area (Å²) in [5.41, 5.74) is 0.572. The second-order valence-electron chi connectivity index (χ2n) is 5.64. The quantitative estimate of drug-likeness (QED) is 0.309. The molecule has 0 unspecified atom stereocenters. The Hall–Kier alpha value is -1.99. The molecule has 0 atom stereocenters. The number of esters is 1. The molecular formula is C19H15Cl4NO5. The summed E-state index contributed by atoms with van der Waals surface area (Å²) in [6.07, 6.45) is 0.395. The van der Waals surface area contributed by atoms with Gasteiger partial charge in [0, 0.05) is 12.0 Å². The van der Waals surface area contributed by atoms with Gasteiger partial charge in [-0.05, 0) is 30.3 Å². The van der Waals surface area contributed by atoms with Crippen LogP contribution < -0.4 is 10.1 Å². The zero-order valence-electron chi connectivity index (χ0n) is 15.1. The van der Waals surface area contributed by atoms with Crippen molar-refractivity contribution >= 4 is 69.8 Å². The van der Waals surface area contributed by atoms with Crippen LogP contribution >= 0.6 is 46.4 Å². The van der Waals surface area contributed by atoms with Crippen molar-refractivity contribution in [1.29, 1.82) is 0 Å². The number of Topliss-reactive ketones (excluding diaryl/α,β-unsaturated/α-hetero) is 1. The van der Waals surface area contributed by atoms with Gasteiger partial charge in [0.15, 0.2) is 19.0 Å². The number of amides is 1. The molecule has 2 rings (SSSR count). The van der Waals surface area contributed by atoms with Crippen molar-refractivity contribution in [1.82, 2.24) is 0 Å². The smallest absolute Gasteiger partial charge is 0.344 e. The second-order valence-corrected chi connectivity index (χ2v) is 7.21. The molecule has 0 radical (unpaired) electrons. The number of halogens is 4. The number of hydrogen-bond acceptors (Lipinski definition) is 5. The Morgan fingerprint density at radius 2 is 1.52 bits per heavy atom. The summed E-state index contributed by atoms with van der Waals surface area (Å²) in [7, 11) is 0. The Labute approximate surface area is 187 Å². The number of nitrogens with one attached hydrogen (secondary N) is 1. The van der Waals surface area contributed by atoms with Gasteiger partial charge in [-0.3, -0.25) is 9.59 Å². The summed E-state index contributed by atoms with van der Waals surface area (Å²) in [6.45, 7) is 0.754. The van der Waals surface area contributed by atoms with Crippen LogP contribution in [0, 0.1) is 0 Å². The van der Waals surface area contributed by atoms with Gasteiger partial charge in [0.2, 0.25) is 0 Å². The van der Waals surface area contributed by atoms with Crippen molar-refractivity contribution in [2.24, 2.45) is 0 Å². The first-order valence-corrected chi connectivity index (χ1v) is 9.78. The highest BCUT2D eigenvalue weighted by Gasteiger charge is 2.17. The highest BCUT2D eigenvalue weighted by atomic mass is 35.5. The average molecular weight is 479 g/mol. The maximum absolute atomic E-state index is 12.0. The molecule has 2 aromatic rings. The molecule has 0 spiro atoms. The van der Waals surface area contributed by atoms with Crippen LogP contribution in [0.3, 0.4) is 0 Å². The first-order chi connectivity index (χ1) is 13.7. The number of carbonyl (C=O) groups is 3. The summed E-state index contributed by atoms with van der Waals surface area (Å²) in [4.78, 5) is 35.3. The lowest BCUT2D eigenvalue weighted by atomic mass is 10.1. The van der Waals surface area contributed by atoms with Crippen molar-refractivity contribution in [2.45, 2.75) is 13.3 Å².